The third-order valence-corrected chi connectivity index (χ3v) is 2.97. The summed E-state index contributed by atoms with van der Waals surface area (Å²) in [4.78, 5) is 12.8. The van der Waals surface area contributed by atoms with Gasteiger partial charge in [0.15, 0.2) is 5.65 Å². The van der Waals surface area contributed by atoms with Crippen LogP contribution in [0.25, 0.3) is 11.2 Å². The van der Waals surface area contributed by atoms with Gasteiger partial charge in [0.05, 0.1) is 17.7 Å². The van der Waals surface area contributed by atoms with Crippen molar-refractivity contribution >= 4 is 62.4 Å². The zero-order chi connectivity index (χ0) is 11.0. The molecule has 3 rings (SSSR count). The number of anilines is 1. The Balaban J connectivity index is 0.000000810. The van der Waals surface area contributed by atoms with Crippen molar-refractivity contribution in [1.82, 2.24) is 19.5 Å². The molecular weight excluding hydrogens is 382 g/mol. The van der Waals surface area contributed by atoms with E-state index in [4.69, 9.17) is 5.73 Å². The summed E-state index contributed by atoms with van der Waals surface area (Å²) in [5, 5.41) is 1.99. The van der Waals surface area contributed by atoms with Crippen molar-refractivity contribution in [2.45, 2.75) is 6.54 Å². The molecule has 0 saturated heterocycles. The highest BCUT2D eigenvalue weighted by molar-refractivity contribution is 8.93. The van der Waals surface area contributed by atoms with E-state index in [1.165, 1.54) is 0 Å². The van der Waals surface area contributed by atoms with Crippen LogP contribution in [-0.4, -0.2) is 19.5 Å². The molecule has 3 heterocycles. The lowest BCUT2D eigenvalue weighted by Crippen LogP contribution is -2.05. The third-order valence-electron chi connectivity index (χ3n) is 2.34. The van der Waals surface area contributed by atoms with Gasteiger partial charge in [-0.2, -0.15) is 0 Å². The van der Waals surface area contributed by atoms with E-state index in [1.54, 1.807) is 23.0 Å². The smallest absolute Gasteiger partial charge is 0.202 e. The van der Waals surface area contributed by atoms with Crippen molar-refractivity contribution in [1.29, 1.82) is 0 Å². The maximum Gasteiger partial charge on any atom is 0.202 e. The Morgan fingerprint density at radius 2 is 2.11 bits per heavy atom. The molecule has 0 aliphatic carbocycles. The van der Waals surface area contributed by atoms with Gasteiger partial charge in [-0.1, -0.05) is 0 Å². The maximum atomic E-state index is 5.86. The first-order valence-corrected chi connectivity index (χ1v) is 5.72. The molecule has 0 saturated carbocycles. The predicted octanol–water partition coefficient (Wildman–Crippen LogP) is 2.67. The Kier molecular flexibility index (Phi) is 5.24. The van der Waals surface area contributed by atoms with Crippen LogP contribution < -0.4 is 5.73 Å². The first-order valence-electron chi connectivity index (χ1n) is 4.78. The second kappa shape index (κ2) is 6.26. The average Bonchev–Trinajstić information content (AvgIpc) is 2.89. The van der Waals surface area contributed by atoms with Gasteiger partial charge in [-0.25, -0.2) is 15.0 Å². The summed E-state index contributed by atoms with van der Waals surface area (Å²) in [6.07, 6.45) is 1.74. The van der Waals surface area contributed by atoms with Crippen molar-refractivity contribution in [3.05, 3.63) is 34.9 Å². The summed E-state index contributed by atoms with van der Waals surface area (Å²) in [5.74, 6) is 0.474. The topological polar surface area (TPSA) is 69.6 Å². The van der Waals surface area contributed by atoms with Crippen molar-refractivity contribution in [2.75, 3.05) is 5.73 Å². The fourth-order valence-electron chi connectivity index (χ4n) is 1.61. The highest BCUT2D eigenvalue weighted by atomic mass is 79.9. The lowest BCUT2D eigenvalue weighted by Gasteiger charge is -2.02. The quantitative estimate of drug-likeness (QED) is 0.727. The fourth-order valence-corrected chi connectivity index (χ4v) is 2.16. The molecule has 0 aliphatic rings. The van der Waals surface area contributed by atoms with E-state index in [0.717, 1.165) is 16.9 Å². The number of nitrogens with two attached hydrogens (primary N) is 1. The van der Waals surface area contributed by atoms with Gasteiger partial charge in [0, 0.05) is 11.6 Å². The standard InChI is InChI=1S/C10H9N5S.2BrH/c11-10-14-8-2-1-3-12-9(8)15(10)4-7-5-16-6-13-7;;/h1-3,5-6H,4H2,(H2,11,14);2*1H. The summed E-state index contributed by atoms with van der Waals surface area (Å²) >= 11 is 1.57. The Labute approximate surface area is 129 Å². The van der Waals surface area contributed by atoms with Crippen LogP contribution in [-0.2, 0) is 6.54 Å². The number of fused-ring (bicyclic) bond motifs is 1. The van der Waals surface area contributed by atoms with Crippen LogP contribution in [0.15, 0.2) is 29.2 Å². The van der Waals surface area contributed by atoms with E-state index < -0.39 is 0 Å². The third kappa shape index (κ3) is 2.70. The van der Waals surface area contributed by atoms with Crippen molar-refractivity contribution in [2.24, 2.45) is 0 Å². The molecule has 0 radical (unpaired) electrons. The molecule has 0 aromatic carbocycles. The van der Waals surface area contributed by atoms with Crippen LogP contribution in [0.2, 0.25) is 0 Å². The van der Waals surface area contributed by atoms with E-state index in [2.05, 4.69) is 15.0 Å². The molecule has 0 fully saturated rings. The Bertz CT molecular complexity index is 622. The normalized spacial score (nSPS) is 9.78. The summed E-state index contributed by atoms with van der Waals surface area (Å²) in [5.41, 5.74) is 10.2. The number of hydrogen-bond donors (Lipinski definition) is 1. The van der Waals surface area contributed by atoms with E-state index in [-0.39, 0.29) is 34.0 Å². The lowest BCUT2D eigenvalue weighted by atomic mass is 10.4. The monoisotopic (exact) mass is 391 g/mol. The first-order chi connectivity index (χ1) is 7.84. The first kappa shape index (κ1) is 15.1. The van der Waals surface area contributed by atoms with Crippen LogP contribution >= 0.6 is 45.3 Å². The molecular formula is C10H11Br2N5S. The van der Waals surface area contributed by atoms with E-state index in [1.807, 2.05) is 22.1 Å². The number of hydrogen-bond acceptors (Lipinski definition) is 5. The second-order valence-corrected chi connectivity index (χ2v) is 4.10. The molecule has 0 amide bonds. The van der Waals surface area contributed by atoms with Gasteiger partial charge < -0.3 is 5.73 Å². The molecule has 3 aromatic heterocycles. The number of halogens is 2. The Hall–Kier alpha value is -0.990. The molecule has 18 heavy (non-hydrogen) atoms. The van der Waals surface area contributed by atoms with E-state index in [9.17, 15) is 0 Å². The summed E-state index contributed by atoms with van der Waals surface area (Å²) in [7, 11) is 0. The molecule has 0 spiro atoms. The molecule has 2 N–H and O–H groups in total. The summed E-state index contributed by atoms with van der Waals surface area (Å²) in [6, 6.07) is 3.75. The molecule has 0 aliphatic heterocycles. The molecule has 5 nitrogen and oxygen atoms in total. The van der Waals surface area contributed by atoms with Gasteiger partial charge >= 0.3 is 0 Å². The lowest BCUT2D eigenvalue weighted by molar-refractivity contribution is 0.807. The van der Waals surface area contributed by atoms with Crippen LogP contribution in [0, 0.1) is 0 Å². The Morgan fingerprint density at radius 3 is 2.83 bits per heavy atom. The van der Waals surface area contributed by atoms with Gasteiger partial charge in [-0.15, -0.1) is 45.3 Å². The predicted molar refractivity (Wildman–Crippen MR) is 83.8 cm³/mol. The molecule has 96 valence electrons. The zero-order valence-corrected chi connectivity index (χ0v) is 13.4. The van der Waals surface area contributed by atoms with Gasteiger partial charge in [0.2, 0.25) is 5.95 Å². The highest BCUT2D eigenvalue weighted by Gasteiger charge is 2.09. The largest absolute Gasteiger partial charge is 0.369 e. The van der Waals surface area contributed by atoms with Gasteiger partial charge in [-0.05, 0) is 12.1 Å². The minimum Gasteiger partial charge on any atom is -0.369 e. The van der Waals surface area contributed by atoms with Crippen LogP contribution in [0.5, 0.6) is 0 Å². The molecule has 0 atom stereocenters. The number of nitrogens with zero attached hydrogens (tertiary/aromatic N) is 4. The van der Waals surface area contributed by atoms with Crippen molar-refractivity contribution < 1.29 is 0 Å². The number of rotatable bonds is 2. The molecule has 8 heteroatoms. The summed E-state index contributed by atoms with van der Waals surface area (Å²) in [6.45, 7) is 0.614. The van der Waals surface area contributed by atoms with E-state index >= 15 is 0 Å². The zero-order valence-electron chi connectivity index (χ0n) is 9.18. The number of nitrogen functional groups attached to an aromatic ring is 1. The Morgan fingerprint density at radius 1 is 1.28 bits per heavy atom. The minimum absolute atomic E-state index is 0. The SMILES string of the molecule is Br.Br.Nc1nc2cccnc2n1Cc1cscn1. The number of thiazole rings is 1. The van der Waals surface area contributed by atoms with Crippen molar-refractivity contribution in [3.63, 3.8) is 0 Å². The van der Waals surface area contributed by atoms with Crippen LogP contribution in [0.3, 0.4) is 0 Å². The van der Waals surface area contributed by atoms with Gasteiger partial charge in [0.25, 0.3) is 0 Å². The fraction of sp³-hybridized carbons (Fsp3) is 0.100. The molecule has 0 unspecified atom stereocenters. The van der Waals surface area contributed by atoms with Crippen LogP contribution in [0.4, 0.5) is 5.95 Å². The van der Waals surface area contributed by atoms with Crippen molar-refractivity contribution in [3.8, 4) is 0 Å². The molecule has 0 bridgehead atoms. The van der Waals surface area contributed by atoms with Gasteiger partial charge in [0.1, 0.15) is 5.52 Å². The minimum atomic E-state index is 0. The average molecular weight is 393 g/mol. The van der Waals surface area contributed by atoms with Crippen LogP contribution in [0.1, 0.15) is 5.69 Å². The van der Waals surface area contributed by atoms with E-state index in [0.29, 0.717) is 12.5 Å². The highest BCUT2D eigenvalue weighted by Crippen LogP contribution is 2.16. The molecule has 3 aromatic rings. The second-order valence-electron chi connectivity index (χ2n) is 3.38. The number of pyridine rings is 1. The number of imidazole rings is 1. The van der Waals surface area contributed by atoms with Gasteiger partial charge in [-0.3, -0.25) is 4.57 Å². The maximum absolute atomic E-state index is 5.86. The summed E-state index contributed by atoms with van der Waals surface area (Å²) < 4.78 is 1.87. The number of aromatic nitrogens is 4.